The molecule has 1 amide bonds. The van der Waals surface area contributed by atoms with Crippen LogP contribution in [0.3, 0.4) is 0 Å². The van der Waals surface area contributed by atoms with E-state index >= 15 is 4.39 Å². The number of nitrogens with zero attached hydrogens (tertiary/aromatic N) is 9. The van der Waals surface area contributed by atoms with Gasteiger partial charge in [0.05, 0.1) is 44.3 Å². The molecule has 4 fully saturated rings. The minimum Gasteiger partial charge on any atom is -0.486 e. The second-order valence-corrected chi connectivity index (χ2v) is 22.0. The summed E-state index contributed by atoms with van der Waals surface area (Å²) in [6, 6.07) is 22.3. The van der Waals surface area contributed by atoms with Crippen molar-refractivity contribution in [1.82, 2.24) is 56.3 Å². The lowest BCUT2D eigenvalue weighted by atomic mass is 9.88. The first kappa shape index (κ1) is 57.5. The molecule has 1 aliphatic carbocycles. The number of rotatable bonds is 24. The molecule has 4 aliphatic rings. The third kappa shape index (κ3) is 13.1. The molecule has 11 rings (SSSR count). The Kier molecular flexibility index (Phi) is 18.8. The maximum atomic E-state index is 15.9. The number of hydrogen-bond donors (Lipinski definition) is 5. The van der Waals surface area contributed by atoms with E-state index in [4.69, 9.17) is 24.2 Å². The van der Waals surface area contributed by atoms with Gasteiger partial charge >= 0.3 is 6.01 Å². The smallest absolute Gasteiger partial charge is 0.319 e. The van der Waals surface area contributed by atoms with Gasteiger partial charge in [-0.25, -0.2) is 19.0 Å². The van der Waals surface area contributed by atoms with Crippen molar-refractivity contribution < 1.29 is 33.3 Å². The Morgan fingerprint density at radius 3 is 2.38 bits per heavy atom. The number of ether oxygens (including phenoxy) is 3. The fraction of sp³-hybridized carbons (Fsp3) is 0.435. The maximum absolute atomic E-state index is 15.9. The summed E-state index contributed by atoms with van der Waals surface area (Å²) in [7, 11) is 3.57. The molecule has 2 bridgehead atoms. The van der Waals surface area contributed by atoms with E-state index in [9.17, 15) is 14.7 Å². The number of hydrogen-bond acceptors (Lipinski definition) is 17. The third-order valence-corrected chi connectivity index (χ3v) is 16.2. The number of amides is 1. The lowest BCUT2D eigenvalue weighted by Gasteiger charge is -2.31. The van der Waals surface area contributed by atoms with Crippen LogP contribution in [0, 0.1) is 24.6 Å². The Morgan fingerprint density at radius 2 is 1.72 bits per heavy atom. The molecule has 7 aromatic rings. The van der Waals surface area contributed by atoms with Gasteiger partial charge in [-0.2, -0.15) is 15.1 Å². The molecule has 19 nitrogen and oxygen atoms in total. The fourth-order valence-electron chi connectivity index (χ4n) is 11.7. The van der Waals surface area contributed by atoms with Crippen molar-refractivity contribution in [2.45, 2.75) is 109 Å². The summed E-state index contributed by atoms with van der Waals surface area (Å²) in [5.74, 6) is 1.16. The van der Waals surface area contributed by atoms with Crippen molar-refractivity contribution in [3.63, 3.8) is 0 Å². The van der Waals surface area contributed by atoms with Crippen LogP contribution in [-0.4, -0.2) is 131 Å². The summed E-state index contributed by atoms with van der Waals surface area (Å²) in [6.07, 6.45) is 16.1. The molecule has 20 heteroatoms. The van der Waals surface area contributed by atoms with Gasteiger partial charge in [0, 0.05) is 103 Å². The highest BCUT2D eigenvalue weighted by molar-refractivity contribution is 6.04. The number of anilines is 1. The van der Waals surface area contributed by atoms with Crippen molar-refractivity contribution >= 4 is 35.6 Å². The zero-order valence-electron chi connectivity index (χ0n) is 47.3. The number of carbonyl (C=O) groups is 2. The van der Waals surface area contributed by atoms with Crippen LogP contribution in [-0.2, 0) is 20.9 Å². The number of nitrogens with one attached hydrogen (secondary N) is 4. The van der Waals surface area contributed by atoms with Gasteiger partial charge in [0.2, 0.25) is 6.41 Å². The van der Waals surface area contributed by atoms with E-state index in [1.165, 1.54) is 12.4 Å². The lowest BCUT2D eigenvalue weighted by Crippen LogP contribution is -2.44. The largest absolute Gasteiger partial charge is 0.486 e. The standard InChI is InChI=1S/C49H59FN10O5.C13H15N3O/c1-29(2)46(35(26-61)6-5-17-52-28-62)60-25-42(57-58-60)33-9-7-31(8-10-33)27-64-47-44(43-30(3)41(50)14-13-34(43)22-54-51-4)39(32-11-12-32)21-40-45(47)55-49(65-38-15-18-63-19-16-38)56-48(40)59-24-36-20-37(59)23-53-36;1-14-13(8-17)11-4-2-10(3-5-11)12-6-15-9-16-7-12/h7-10,13-14,21-22,25-26,28-29,32,35-38,46,51,53H,5-6,11-12,15-20,23-24,27H2,1-4H3,(H,52,62);2-7,9,13-14,17H,8H2,1H3/b54-22-;. The van der Waals surface area contributed by atoms with Gasteiger partial charge in [0.15, 0.2) is 5.75 Å². The summed E-state index contributed by atoms with van der Waals surface area (Å²) >= 11 is 0. The van der Waals surface area contributed by atoms with Crippen LogP contribution >= 0.6 is 0 Å². The molecule has 5 atom stereocenters. The second kappa shape index (κ2) is 26.9. The molecule has 6 heterocycles. The molecule has 4 aromatic carbocycles. The van der Waals surface area contributed by atoms with E-state index in [1.54, 1.807) is 36.4 Å². The first-order valence-electron chi connectivity index (χ1n) is 28.6. The Hall–Kier alpha value is -7.78. The third-order valence-electron chi connectivity index (χ3n) is 16.2. The van der Waals surface area contributed by atoms with Crippen LogP contribution in [0.5, 0.6) is 11.8 Å². The van der Waals surface area contributed by atoms with Crippen molar-refractivity contribution in [3.8, 4) is 45.3 Å². The lowest BCUT2D eigenvalue weighted by molar-refractivity contribution is -0.113. The highest BCUT2D eigenvalue weighted by atomic mass is 19.1. The van der Waals surface area contributed by atoms with Gasteiger partial charge in [0.25, 0.3) is 0 Å². The molecule has 3 aliphatic heterocycles. The molecule has 82 heavy (non-hydrogen) atoms. The van der Waals surface area contributed by atoms with Crippen molar-refractivity contribution in [1.29, 1.82) is 0 Å². The minimum absolute atomic E-state index is 0.0175. The number of piperazine rings is 1. The van der Waals surface area contributed by atoms with Crippen LogP contribution < -0.4 is 35.7 Å². The number of aldehydes is 1. The van der Waals surface area contributed by atoms with E-state index in [0.29, 0.717) is 79.1 Å². The van der Waals surface area contributed by atoms with E-state index < -0.39 is 0 Å². The molecule has 0 spiro atoms. The first-order chi connectivity index (χ1) is 40.1. The Labute approximate surface area is 477 Å². The predicted octanol–water partition coefficient (Wildman–Crippen LogP) is 8.06. The summed E-state index contributed by atoms with van der Waals surface area (Å²) < 4.78 is 37.1. The van der Waals surface area contributed by atoms with Crippen molar-refractivity contribution in [2.24, 2.45) is 16.9 Å². The quantitative estimate of drug-likeness (QED) is 0.0167. The van der Waals surface area contributed by atoms with Gasteiger partial charge < -0.3 is 50.4 Å². The monoisotopic (exact) mass is 1120 g/mol. The number of fused-ring (bicyclic) bond motifs is 3. The van der Waals surface area contributed by atoms with Gasteiger partial charge in [-0.05, 0) is 104 Å². The van der Waals surface area contributed by atoms with Crippen LogP contribution in [0.2, 0.25) is 0 Å². The number of halogens is 1. The molecule has 5 unspecified atom stereocenters. The molecule has 5 N–H and O–H groups in total. The van der Waals surface area contributed by atoms with Crippen LogP contribution in [0.4, 0.5) is 10.2 Å². The van der Waals surface area contributed by atoms with Gasteiger partial charge in [0.1, 0.15) is 48.2 Å². The number of carbonyl (C=O) groups excluding carboxylic acids is 2. The highest BCUT2D eigenvalue weighted by Gasteiger charge is 2.41. The van der Waals surface area contributed by atoms with Gasteiger partial charge in [-0.3, -0.25) is 4.79 Å². The number of hydrazone groups is 1. The molecule has 3 saturated heterocycles. The topological polar surface area (TPSA) is 228 Å². The summed E-state index contributed by atoms with van der Waals surface area (Å²) in [4.78, 5) is 43.8. The van der Waals surface area contributed by atoms with E-state index in [1.807, 2.05) is 68.7 Å². The Morgan fingerprint density at radius 1 is 0.951 bits per heavy atom. The van der Waals surface area contributed by atoms with E-state index in [-0.39, 0.29) is 61.0 Å². The van der Waals surface area contributed by atoms with Gasteiger partial charge in [-0.1, -0.05) is 67.6 Å². The minimum atomic E-state index is -0.317. The summed E-state index contributed by atoms with van der Waals surface area (Å²) in [6.45, 7) is 9.69. The second-order valence-electron chi connectivity index (χ2n) is 22.0. The number of aromatic nitrogens is 7. The Balaban J connectivity index is 0.000000378. The van der Waals surface area contributed by atoms with Crippen molar-refractivity contribution in [3.05, 3.63) is 125 Å². The first-order valence-corrected chi connectivity index (χ1v) is 28.6. The van der Waals surface area contributed by atoms with Crippen LogP contribution in [0.1, 0.15) is 105 Å². The predicted molar refractivity (Wildman–Crippen MR) is 313 cm³/mol. The number of aliphatic hydroxyl groups excluding tert-OH is 1. The normalized spacial score (nSPS) is 18.1. The van der Waals surface area contributed by atoms with Crippen LogP contribution in [0.25, 0.3) is 44.4 Å². The average Bonchev–Trinajstić information content (AvgIpc) is 2.69. The molecular formula is C62H74FN13O6. The Bertz CT molecular complexity index is 3300. The van der Waals surface area contributed by atoms with Crippen molar-refractivity contribution in [2.75, 3.05) is 58.5 Å². The van der Waals surface area contributed by atoms with E-state index in [0.717, 1.165) is 107 Å². The zero-order valence-corrected chi connectivity index (χ0v) is 47.3. The highest BCUT2D eigenvalue weighted by Crippen LogP contribution is 2.53. The SMILES string of the molecule is CN/N=C\c1ccc(F)c(C)c1-c1c(C2CC2)cc2c(N3CC4CC3CN4)nc(OC3CCOCC3)nc2c1OCc1ccc(-c2cn(C(C(C)C)C(C=O)CCCNC=O)nn2)cc1.CNC(CO)c1ccc(-c2cncnc2)cc1. The fourth-order valence-corrected chi connectivity index (χ4v) is 11.7. The molecule has 3 aromatic heterocycles. The number of aliphatic hydroxyl groups is 1. The average molecular weight is 1120 g/mol. The maximum Gasteiger partial charge on any atom is 0.319 e. The molecular weight excluding hydrogens is 1040 g/mol. The number of likely N-dealkylation sites (N-methyl/N-ethyl adjacent to an activating group) is 1. The molecule has 1 saturated carbocycles. The zero-order chi connectivity index (χ0) is 57.1. The van der Waals surface area contributed by atoms with Gasteiger partial charge in [-0.15, -0.1) is 5.10 Å². The number of benzene rings is 4. The molecule has 430 valence electrons. The van der Waals surface area contributed by atoms with Crippen LogP contribution in [0.15, 0.2) is 96.7 Å². The molecule has 0 radical (unpaired) electrons. The summed E-state index contributed by atoms with van der Waals surface area (Å²) in [5.41, 5.74) is 12.9. The van der Waals surface area contributed by atoms with E-state index in [2.05, 4.69) is 71.6 Å². The summed E-state index contributed by atoms with van der Waals surface area (Å²) in [5, 5.41) is 32.8.